The maximum absolute atomic E-state index is 11.7. The predicted molar refractivity (Wildman–Crippen MR) is 82.1 cm³/mol. The van der Waals surface area contributed by atoms with Gasteiger partial charge in [0.15, 0.2) is 0 Å². The number of piperidine rings is 1. The monoisotopic (exact) mass is 316 g/mol. The second kappa shape index (κ2) is 5.18. The van der Waals surface area contributed by atoms with Crippen LogP contribution >= 0.6 is 0 Å². The van der Waals surface area contributed by atoms with Gasteiger partial charge in [-0.1, -0.05) is 0 Å². The fourth-order valence-corrected chi connectivity index (χ4v) is 3.87. The Morgan fingerprint density at radius 3 is 2.70 bits per heavy atom. The van der Waals surface area contributed by atoms with Gasteiger partial charge in [-0.05, 0) is 25.7 Å². The maximum atomic E-state index is 11.7. The highest BCUT2D eigenvalue weighted by Gasteiger charge is 2.51. The minimum Gasteiger partial charge on any atom is -0.481 e. The predicted octanol–water partition coefficient (Wildman–Crippen LogP) is 0.914. The van der Waals surface area contributed by atoms with Gasteiger partial charge in [0.1, 0.15) is 12.1 Å². The van der Waals surface area contributed by atoms with E-state index in [1.807, 2.05) is 0 Å². The lowest BCUT2D eigenvalue weighted by molar-refractivity contribution is -0.144. The topological polar surface area (TPSA) is 95.4 Å². The molecule has 1 saturated carbocycles. The number of hydrogen-bond donors (Lipinski definition) is 2. The number of rotatable bonds is 3. The SMILES string of the molecule is O=C1C[C@@H](C(=O)O)C2(CCN(c3cc(C4CC4)ncn3)CC2)N1. The fraction of sp³-hybridized carbons (Fsp3) is 0.625. The Hall–Kier alpha value is -2.18. The Morgan fingerprint density at radius 1 is 1.30 bits per heavy atom. The molecule has 0 aromatic carbocycles. The van der Waals surface area contributed by atoms with Crippen LogP contribution in [0.3, 0.4) is 0 Å². The second-order valence-corrected chi connectivity index (χ2v) is 6.86. The summed E-state index contributed by atoms with van der Waals surface area (Å²) in [6.07, 6.45) is 5.38. The fourth-order valence-electron chi connectivity index (χ4n) is 3.87. The average Bonchev–Trinajstić information content (AvgIpc) is 3.33. The first-order valence-corrected chi connectivity index (χ1v) is 8.18. The summed E-state index contributed by atoms with van der Waals surface area (Å²) in [6, 6.07) is 2.05. The van der Waals surface area contributed by atoms with Crippen LogP contribution in [0.15, 0.2) is 12.4 Å². The van der Waals surface area contributed by atoms with E-state index >= 15 is 0 Å². The third kappa shape index (κ3) is 2.54. The van der Waals surface area contributed by atoms with Crippen LogP contribution in [0.25, 0.3) is 0 Å². The normalized spacial score (nSPS) is 26.3. The van der Waals surface area contributed by atoms with E-state index in [2.05, 4.69) is 26.3 Å². The van der Waals surface area contributed by atoms with Crippen LogP contribution in [-0.4, -0.2) is 45.6 Å². The number of carbonyl (C=O) groups is 2. The van der Waals surface area contributed by atoms with Crippen LogP contribution in [0.4, 0.5) is 5.82 Å². The van der Waals surface area contributed by atoms with E-state index in [4.69, 9.17) is 0 Å². The van der Waals surface area contributed by atoms with Crippen LogP contribution in [-0.2, 0) is 9.59 Å². The zero-order valence-electron chi connectivity index (χ0n) is 12.9. The van der Waals surface area contributed by atoms with Crippen molar-refractivity contribution in [2.75, 3.05) is 18.0 Å². The van der Waals surface area contributed by atoms with Crippen molar-refractivity contribution in [2.24, 2.45) is 5.92 Å². The van der Waals surface area contributed by atoms with E-state index in [1.54, 1.807) is 6.33 Å². The Labute approximate surface area is 134 Å². The lowest BCUT2D eigenvalue weighted by atomic mass is 9.78. The number of nitrogens with one attached hydrogen (secondary N) is 1. The van der Waals surface area contributed by atoms with Crippen molar-refractivity contribution in [1.82, 2.24) is 15.3 Å². The zero-order chi connectivity index (χ0) is 16.0. The lowest BCUT2D eigenvalue weighted by Crippen LogP contribution is -2.55. The van der Waals surface area contributed by atoms with Crippen molar-refractivity contribution in [3.8, 4) is 0 Å². The minimum absolute atomic E-state index is 0.0919. The second-order valence-electron chi connectivity index (χ2n) is 6.86. The quantitative estimate of drug-likeness (QED) is 0.861. The van der Waals surface area contributed by atoms with Crippen molar-refractivity contribution in [3.05, 3.63) is 18.1 Å². The number of carbonyl (C=O) groups excluding carboxylic acids is 1. The molecule has 7 nitrogen and oxygen atoms in total. The van der Waals surface area contributed by atoms with Gasteiger partial charge in [0, 0.05) is 37.2 Å². The highest BCUT2D eigenvalue weighted by atomic mass is 16.4. The van der Waals surface area contributed by atoms with Crippen LogP contribution < -0.4 is 10.2 Å². The molecule has 1 spiro atoms. The number of anilines is 1. The molecule has 1 aromatic rings. The van der Waals surface area contributed by atoms with Gasteiger partial charge in [-0.15, -0.1) is 0 Å². The number of aliphatic carboxylic acids is 1. The molecule has 1 atom stereocenters. The minimum atomic E-state index is -0.880. The van der Waals surface area contributed by atoms with Crippen molar-refractivity contribution in [3.63, 3.8) is 0 Å². The first-order chi connectivity index (χ1) is 11.1. The van der Waals surface area contributed by atoms with Gasteiger partial charge < -0.3 is 15.3 Å². The van der Waals surface area contributed by atoms with Gasteiger partial charge in [-0.2, -0.15) is 0 Å². The maximum Gasteiger partial charge on any atom is 0.309 e. The molecular formula is C16H20N4O3. The molecule has 2 N–H and O–H groups in total. The first kappa shape index (κ1) is 14.4. The molecule has 4 rings (SSSR count). The van der Waals surface area contributed by atoms with Crippen molar-refractivity contribution in [2.45, 2.75) is 43.6 Å². The Balaban J connectivity index is 1.49. The molecule has 0 radical (unpaired) electrons. The van der Waals surface area contributed by atoms with E-state index in [0.717, 1.165) is 11.5 Å². The number of aromatic nitrogens is 2. The van der Waals surface area contributed by atoms with Gasteiger partial charge in [-0.3, -0.25) is 9.59 Å². The summed E-state index contributed by atoms with van der Waals surface area (Å²) in [6.45, 7) is 1.40. The molecule has 2 saturated heterocycles. The molecule has 1 aromatic heterocycles. The van der Waals surface area contributed by atoms with Crippen molar-refractivity contribution < 1.29 is 14.7 Å². The molecule has 3 fully saturated rings. The van der Waals surface area contributed by atoms with Gasteiger partial charge in [-0.25, -0.2) is 9.97 Å². The number of hydrogen-bond acceptors (Lipinski definition) is 5. The van der Waals surface area contributed by atoms with E-state index in [9.17, 15) is 14.7 Å². The third-order valence-electron chi connectivity index (χ3n) is 5.39. The number of carboxylic acids is 1. The summed E-state index contributed by atoms with van der Waals surface area (Å²) in [7, 11) is 0. The zero-order valence-corrected chi connectivity index (χ0v) is 12.9. The molecular weight excluding hydrogens is 296 g/mol. The molecule has 2 aliphatic heterocycles. The number of amides is 1. The summed E-state index contributed by atoms with van der Waals surface area (Å²) < 4.78 is 0. The molecule has 23 heavy (non-hydrogen) atoms. The number of nitrogens with zero attached hydrogens (tertiary/aromatic N) is 3. The summed E-state index contributed by atoms with van der Waals surface area (Å²) in [4.78, 5) is 34.1. The van der Waals surface area contributed by atoms with E-state index in [0.29, 0.717) is 31.8 Å². The van der Waals surface area contributed by atoms with Crippen molar-refractivity contribution in [1.29, 1.82) is 0 Å². The summed E-state index contributed by atoms with van der Waals surface area (Å²) >= 11 is 0. The lowest BCUT2D eigenvalue weighted by Gasteiger charge is -2.41. The van der Waals surface area contributed by atoms with E-state index in [-0.39, 0.29) is 12.3 Å². The molecule has 7 heteroatoms. The van der Waals surface area contributed by atoms with Gasteiger partial charge in [0.25, 0.3) is 0 Å². The largest absolute Gasteiger partial charge is 0.481 e. The molecule has 122 valence electrons. The molecule has 0 unspecified atom stereocenters. The van der Waals surface area contributed by atoms with Crippen molar-refractivity contribution >= 4 is 17.7 Å². The third-order valence-corrected chi connectivity index (χ3v) is 5.39. The molecule has 1 amide bonds. The molecule has 3 aliphatic rings. The molecule has 3 heterocycles. The summed E-state index contributed by atoms with van der Waals surface area (Å²) in [5.41, 5.74) is 0.513. The standard InChI is InChI=1S/C16H20N4O3/c21-14-7-11(15(22)23)16(19-14)3-5-20(6-4-16)13-8-12(10-1-2-10)17-9-18-13/h8-11H,1-7H2,(H,19,21)(H,22,23)/t11-/m0/s1. The van der Waals surface area contributed by atoms with Gasteiger partial charge in [0.2, 0.25) is 5.91 Å². The van der Waals surface area contributed by atoms with Gasteiger partial charge >= 0.3 is 5.97 Å². The van der Waals surface area contributed by atoms with Crippen LogP contribution in [0, 0.1) is 5.92 Å². The highest BCUT2D eigenvalue weighted by Crippen LogP contribution is 2.41. The number of carboxylic acid groups (broad SMARTS) is 1. The average molecular weight is 316 g/mol. The molecule has 1 aliphatic carbocycles. The summed E-state index contributed by atoms with van der Waals surface area (Å²) in [5.74, 6) is -0.158. The van der Waals surface area contributed by atoms with Crippen LogP contribution in [0.1, 0.15) is 43.7 Å². The molecule has 0 bridgehead atoms. The highest BCUT2D eigenvalue weighted by molar-refractivity contribution is 5.88. The van der Waals surface area contributed by atoms with Crippen LogP contribution in [0.5, 0.6) is 0 Å². The Kier molecular flexibility index (Phi) is 3.25. The van der Waals surface area contributed by atoms with Crippen LogP contribution in [0.2, 0.25) is 0 Å². The van der Waals surface area contributed by atoms with Gasteiger partial charge in [0.05, 0.1) is 11.5 Å². The smallest absolute Gasteiger partial charge is 0.309 e. The van der Waals surface area contributed by atoms with E-state index in [1.165, 1.54) is 12.8 Å². The van der Waals surface area contributed by atoms with E-state index < -0.39 is 17.4 Å². The Morgan fingerprint density at radius 2 is 2.04 bits per heavy atom. The Bertz CT molecular complexity index is 650. The summed E-state index contributed by atoms with van der Waals surface area (Å²) in [5, 5.41) is 12.3. The first-order valence-electron chi connectivity index (χ1n) is 8.18.